The smallest absolute Gasteiger partial charge is 0.408 e. The molecule has 1 saturated carbocycles. The number of alkyl halides is 2. The Kier molecular flexibility index (Phi) is 10.9. The minimum atomic E-state index is -3.39. The van der Waals surface area contributed by atoms with Crippen LogP contribution in [0.3, 0.4) is 0 Å². The van der Waals surface area contributed by atoms with Crippen molar-refractivity contribution in [1.82, 2.24) is 20.2 Å². The molecule has 270 valence electrons. The van der Waals surface area contributed by atoms with Crippen LogP contribution in [0, 0.1) is 23.2 Å². The second-order valence-electron chi connectivity index (χ2n) is 15.2. The summed E-state index contributed by atoms with van der Waals surface area (Å²) in [4.78, 5) is 51.6. The first-order chi connectivity index (χ1) is 23.1. The van der Waals surface area contributed by atoms with Gasteiger partial charge in [-0.05, 0) is 61.5 Å². The van der Waals surface area contributed by atoms with Crippen molar-refractivity contribution in [2.24, 2.45) is 23.2 Å². The van der Waals surface area contributed by atoms with Gasteiger partial charge in [0.1, 0.15) is 30.0 Å². The Hall–Kier alpha value is -3.77. The van der Waals surface area contributed by atoms with Gasteiger partial charge < -0.3 is 29.2 Å². The zero-order chi connectivity index (χ0) is 35.7. The van der Waals surface area contributed by atoms with Gasteiger partial charge in [-0.15, -0.1) is 0 Å². The lowest BCUT2D eigenvalue weighted by molar-refractivity contribution is -0.156. The van der Waals surface area contributed by atoms with Crippen LogP contribution in [0.1, 0.15) is 92.2 Å². The Morgan fingerprint density at radius 1 is 1.06 bits per heavy atom. The lowest BCUT2D eigenvalue weighted by Crippen LogP contribution is -2.57. The Morgan fingerprint density at radius 2 is 1.80 bits per heavy atom. The molecule has 1 aliphatic carbocycles. The molecule has 5 rings (SSSR count). The van der Waals surface area contributed by atoms with Crippen LogP contribution >= 0.6 is 0 Å². The third-order valence-electron chi connectivity index (χ3n) is 9.87. The van der Waals surface area contributed by atoms with E-state index in [1.807, 2.05) is 34.6 Å². The quantitative estimate of drug-likeness (QED) is 0.363. The molecule has 1 aromatic heterocycles. The average molecular weight is 689 g/mol. The van der Waals surface area contributed by atoms with E-state index in [2.05, 4.69) is 15.3 Å². The number of amides is 2. The summed E-state index contributed by atoms with van der Waals surface area (Å²) in [5, 5.41) is 2.81. The van der Waals surface area contributed by atoms with Crippen molar-refractivity contribution < 1.29 is 42.1 Å². The van der Waals surface area contributed by atoms with Crippen molar-refractivity contribution in [3.63, 3.8) is 0 Å². The number of nitrogens with zero attached hydrogens (tertiary/aromatic N) is 3. The Labute approximate surface area is 286 Å². The van der Waals surface area contributed by atoms with E-state index in [0.717, 1.165) is 12.8 Å². The van der Waals surface area contributed by atoms with Crippen LogP contribution in [0.2, 0.25) is 0 Å². The summed E-state index contributed by atoms with van der Waals surface area (Å²) < 4.78 is 55.4. The van der Waals surface area contributed by atoms with Crippen LogP contribution in [-0.2, 0) is 25.0 Å². The number of aromatic nitrogens is 2. The number of hydrogen-bond acceptors (Lipinski definition) is 9. The van der Waals surface area contributed by atoms with E-state index in [-0.39, 0.29) is 48.9 Å². The predicted octanol–water partition coefficient (Wildman–Crippen LogP) is 6.41. The molecule has 1 aromatic carbocycles. The number of carbonyl (C=O) groups is 3. The fraction of sp³-hybridized carbons (Fsp3) is 0.694. The van der Waals surface area contributed by atoms with E-state index in [1.54, 1.807) is 25.1 Å². The summed E-state index contributed by atoms with van der Waals surface area (Å²) in [6.45, 7) is 10.9. The number of alkyl carbamates (subject to hydrolysis) is 1. The summed E-state index contributed by atoms with van der Waals surface area (Å²) >= 11 is 0. The van der Waals surface area contributed by atoms with Crippen molar-refractivity contribution in [2.75, 3.05) is 20.3 Å². The molecule has 3 heterocycles. The molecule has 2 amide bonds. The number of hydrogen-bond donors (Lipinski definition) is 1. The van der Waals surface area contributed by atoms with Crippen molar-refractivity contribution in [3.05, 3.63) is 23.9 Å². The highest BCUT2D eigenvalue weighted by Gasteiger charge is 2.52. The first kappa shape index (κ1) is 36.5. The fourth-order valence-electron chi connectivity index (χ4n) is 7.08. The third-order valence-corrected chi connectivity index (χ3v) is 9.87. The van der Waals surface area contributed by atoms with Gasteiger partial charge in [0.05, 0.1) is 31.3 Å². The van der Waals surface area contributed by atoms with Crippen LogP contribution in [0.25, 0.3) is 11.0 Å². The SMILES string of the molecule is COc1ccc2nc3c(nc2c1)O[C@H]1CN(C(=O)[C@H](C(C)(C)C)NC(=O)O[C@@H]2CCC[C@H]2CCCCC3(F)F)[C@H](C(=O)OCC(C)C)[C@@H]1C. The minimum absolute atomic E-state index is 0.0247. The normalized spacial score (nSPS) is 28.1. The number of rotatable bonds is 4. The average Bonchev–Trinajstić information content (AvgIpc) is 3.61. The van der Waals surface area contributed by atoms with Gasteiger partial charge in [0.2, 0.25) is 11.8 Å². The molecule has 1 N–H and O–H groups in total. The van der Waals surface area contributed by atoms with E-state index in [4.69, 9.17) is 18.9 Å². The minimum Gasteiger partial charge on any atom is -0.497 e. The molecule has 6 atom stereocenters. The van der Waals surface area contributed by atoms with Crippen molar-refractivity contribution in [1.29, 1.82) is 0 Å². The lowest BCUT2D eigenvalue weighted by Gasteiger charge is -2.35. The zero-order valence-electron chi connectivity index (χ0n) is 29.6. The summed E-state index contributed by atoms with van der Waals surface area (Å²) in [6.07, 6.45) is 1.16. The molecule has 13 heteroatoms. The largest absolute Gasteiger partial charge is 0.497 e. The van der Waals surface area contributed by atoms with Crippen LogP contribution in [0.5, 0.6) is 11.6 Å². The van der Waals surface area contributed by atoms with Crippen LogP contribution < -0.4 is 14.8 Å². The molecule has 2 fully saturated rings. The fourth-order valence-corrected chi connectivity index (χ4v) is 7.08. The van der Waals surface area contributed by atoms with Crippen LogP contribution in [0.15, 0.2) is 18.2 Å². The van der Waals surface area contributed by atoms with Gasteiger partial charge in [0.15, 0.2) is 5.69 Å². The molecule has 2 aromatic rings. The standard InChI is InChI=1S/C36H50F2N4O7/c1-20(2)19-47-33(44)28-21(3)27-18-42(28)32(43)30(35(4,5)6)41-34(45)49-26-13-10-12-22(26)11-8-9-16-36(37,38)29-31(48-27)40-25-17-23(46-7)14-15-24(25)39-29/h14-15,17,20-22,26-28,30H,8-13,16,18-19H2,1-7H3,(H,41,45)/t21-,22-,26-,27+,28+,30-/m1/s1. The molecule has 2 aliphatic heterocycles. The summed E-state index contributed by atoms with van der Waals surface area (Å²) in [5.74, 6) is -5.09. The predicted molar refractivity (Wildman–Crippen MR) is 177 cm³/mol. The topological polar surface area (TPSA) is 129 Å². The number of methoxy groups -OCH3 is 1. The number of benzene rings is 1. The van der Waals surface area contributed by atoms with Crippen molar-refractivity contribution >= 4 is 29.0 Å². The Balaban J connectivity index is 1.59. The molecule has 1 saturated heterocycles. The van der Waals surface area contributed by atoms with Crippen molar-refractivity contribution in [2.45, 2.75) is 117 Å². The first-order valence-corrected chi connectivity index (χ1v) is 17.4. The lowest BCUT2D eigenvalue weighted by atomic mass is 9.85. The number of ether oxygens (including phenoxy) is 4. The van der Waals surface area contributed by atoms with Gasteiger partial charge in [-0.1, -0.05) is 48.0 Å². The van der Waals surface area contributed by atoms with Gasteiger partial charge in [0.25, 0.3) is 5.92 Å². The van der Waals surface area contributed by atoms with E-state index < -0.39 is 65.5 Å². The highest BCUT2D eigenvalue weighted by atomic mass is 19.3. The molecule has 0 radical (unpaired) electrons. The molecule has 2 bridgehead atoms. The highest BCUT2D eigenvalue weighted by Crippen LogP contribution is 2.41. The first-order valence-electron chi connectivity index (χ1n) is 17.4. The van der Waals surface area contributed by atoms with E-state index >= 15 is 8.78 Å². The molecule has 11 nitrogen and oxygen atoms in total. The maximum Gasteiger partial charge on any atom is 0.408 e. The third kappa shape index (κ3) is 8.17. The second kappa shape index (κ2) is 14.6. The zero-order valence-corrected chi connectivity index (χ0v) is 29.6. The Morgan fingerprint density at radius 3 is 2.49 bits per heavy atom. The van der Waals surface area contributed by atoms with Gasteiger partial charge in [-0.3, -0.25) is 4.79 Å². The maximum atomic E-state index is 16.2. The van der Waals surface area contributed by atoms with Gasteiger partial charge in [0, 0.05) is 18.4 Å². The van der Waals surface area contributed by atoms with E-state index in [1.165, 1.54) is 12.0 Å². The maximum absolute atomic E-state index is 16.2. The summed E-state index contributed by atoms with van der Waals surface area (Å²) in [6, 6.07) is 2.61. The Bertz CT molecular complexity index is 1530. The molecule has 0 spiro atoms. The number of esters is 1. The second-order valence-corrected chi connectivity index (χ2v) is 15.2. The number of carbonyl (C=O) groups excluding carboxylic acids is 3. The molecule has 0 unspecified atom stereocenters. The molecular formula is C36H50F2N4O7. The number of nitrogens with one attached hydrogen (secondary N) is 1. The monoisotopic (exact) mass is 688 g/mol. The molecule has 49 heavy (non-hydrogen) atoms. The van der Waals surface area contributed by atoms with Crippen LogP contribution in [-0.4, -0.2) is 77.4 Å². The summed E-state index contributed by atoms with van der Waals surface area (Å²) in [5.41, 5.74) is -0.820. The summed E-state index contributed by atoms with van der Waals surface area (Å²) in [7, 11) is 1.49. The van der Waals surface area contributed by atoms with Gasteiger partial charge in [-0.2, -0.15) is 8.78 Å². The van der Waals surface area contributed by atoms with Gasteiger partial charge in [-0.25, -0.2) is 19.6 Å². The van der Waals surface area contributed by atoms with Crippen LogP contribution in [0.4, 0.5) is 13.6 Å². The van der Waals surface area contributed by atoms with Gasteiger partial charge >= 0.3 is 12.1 Å². The number of halogens is 2. The number of fused-ring (bicyclic) bond motifs is 5. The van der Waals surface area contributed by atoms with E-state index in [0.29, 0.717) is 30.5 Å². The molecular weight excluding hydrogens is 638 g/mol. The van der Waals surface area contributed by atoms with Crippen molar-refractivity contribution in [3.8, 4) is 11.6 Å². The van der Waals surface area contributed by atoms with E-state index in [9.17, 15) is 14.4 Å². The molecule has 3 aliphatic rings. The highest BCUT2D eigenvalue weighted by molar-refractivity contribution is 5.91.